The summed E-state index contributed by atoms with van der Waals surface area (Å²) in [6.45, 7) is 6.99. The number of amides is 2. The summed E-state index contributed by atoms with van der Waals surface area (Å²) in [6, 6.07) is 7.54. The molecule has 2 saturated heterocycles. The molecule has 2 fully saturated rings. The van der Waals surface area contributed by atoms with Gasteiger partial charge in [-0.2, -0.15) is 5.10 Å². The average molecular weight is 494 g/mol. The lowest BCUT2D eigenvalue weighted by Crippen LogP contribution is -2.65. The lowest BCUT2D eigenvalue weighted by atomic mass is 9.78. The van der Waals surface area contributed by atoms with Crippen LogP contribution in [0.1, 0.15) is 40.0 Å². The third-order valence-corrected chi connectivity index (χ3v) is 6.66. The average Bonchev–Trinajstić information content (AvgIpc) is 3.19. The highest BCUT2D eigenvalue weighted by molar-refractivity contribution is 5.93. The molecule has 2 aliphatic rings. The van der Waals surface area contributed by atoms with Crippen LogP contribution in [0.25, 0.3) is 16.6 Å². The number of aromatic nitrogens is 3. The largest absolute Gasteiger partial charge is 0.495 e. The van der Waals surface area contributed by atoms with E-state index in [1.807, 2.05) is 22.7 Å². The van der Waals surface area contributed by atoms with Crippen molar-refractivity contribution in [3.63, 3.8) is 0 Å². The monoisotopic (exact) mass is 493 g/mol. The second kappa shape index (κ2) is 8.58. The van der Waals surface area contributed by atoms with Crippen molar-refractivity contribution in [2.24, 2.45) is 0 Å². The van der Waals surface area contributed by atoms with E-state index < -0.39 is 11.7 Å². The second-order valence-corrected chi connectivity index (χ2v) is 10.4. The molecule has 4 heterocycles. The number of methoxy groups -OCH3 is 1. The molecule has 5 rings (SSSR count). The summed E-state index contributed by atoms with van der Waals surface area (Å²) < 4.78 is 12.7. The van der Waals surface area contributed by atoms with Crippen LogP contribution >= 0.6 is 0 Å². The first-order chi connectivity index (χ1) is 17.1. The van der Waals surface area contributed by atoms with Crippen LogP contribution in [0.2, 0.25) is 0 Å². The number of nitrogens with zero attached hydrogens (tertiary/aromatic N) is 4. The highest BCUT2D eigenvalue weighted by atomic mass is 16.6. The van der Waals surface area contributed by atoms with Gasteiger partial charge in [0.2, 0.25) is 5.91 Å². The Morgan fingerprint density at radius 3 is 2.58 bits per heavy atom. The van der Waals surface area contributed by atoms with Gasteiger partial charge in [-0.3, -0.25) is 10.1 Å². The van der Waals surface area contributed by atoms with Crippen molar-refractivity contribution >= 4 is 34.8 Å². The number of hydrogen-bond acceptors (Lipinski definition) is 8. The van der Waals surface area contributed by atoms with E-state index in [9.17, 15) is 9.59 Å². The van der Waals surface area contributed by atoms with Gasteiger partial charge in [-0.15, -0.1) is 0 Å². The van der Waals surface area contributed by atoms with Crippen molar-refractivity contribution in [2.75, 3.05) is 36.1 Å². The summed E-state index contributed by atoms with van der Waals surface area (Å²) in [5.41, 5.74) is 8.50. The molecule has 11 heteroatoms. The Labute approximate surface area is 208 Å². The molecule has 2 aromatic heterocycles. The standard InChI is InChI=1S/C25H31N7O4/c1-24(2,3)36-23(34)29-17-6-5-15(11-18(17)35-4)16-12-20(32-21(16)22(26)27-14-28-32)31-9-7-25(8-10-31)13-19(33)30-25/h5-6,11-12,14H,7-10,13H2,1-4H3,(H,29,34)(H,30,33)(H2,26,27,28). The molecule has 3 aromatic rings. The van der Waals surface area contributed by atoms with Gasteiger partial charge in [0.25, 0.3) is 0 Å². The van der Waals surface area contributed by atoms with Gasteiger partial charge < -0.3 is 25.4 Å². The topological polar surface area (TPSA) is 136 Å². The van der Waals surface area contributed by atoms with Gasteiger partial charge in [0.15, 0.2) is 5.82 Å². The number of piperidine rings is 1. The van der Waals surface area contributed by atoms with Gasteiger partial charge in [-0.1, -0.05) is 6.07 Å². The summed E-state index contributed by atoms with van der Waals surface area (Å²) in [5.74, 6) is 1.87. The molecule has 1 spiro atoms. The molecule has 2 amide bonds. The smallest absolute Gasteiger partial charge is 0.412 e. The number of carbonyl (C=O) groups excluding carboxylic acids is 2. The van der Waals surface area contributed by atoms with Crippen LogP contribution in [0.4, 0.5) is 22.1 Å². The SMILES string of the molecule is COc1cc(-c2cc(N3CCC4(CC3)CC(=O)N4)n3ncnc(N)c23)ccc1NC(=O)OC(C)(C)C. The van der Waals surface area contributed by atoms with Crippen LogP contribution in [-0.2, 0) is 9.53 Å². The van der Waals surface area contributed by atoms with Crippen LogP contribution in [0.15, 0.2) is 30.6 Å². The van der Waals surface area contributed by atoms with Gasteiger partial charge in [0.1, 0.15) is 29.0 Å². The molecular weight excluding hydrogens is 462 g/mol. The summed E-state index contributed by atoms with van der Waals surface area (Å²) in [4.78, 5) is 30.3. The Bertz CT molecular complexity index is 1330. The predicted molar refractivity (Wildman–Crippen MR) is 136 cm³/mol. The van der Waals surface area contributed by atoms with E-state index >= 15 is 0 Å². The number of benzene rings is 1. The van der Waals surface area contributed by atoms with Crippen LogP contribution in [-0.4, -0.2) is 57.9 Å². The number of nitrogens with one attached hydrogen (secondary N) is 2. The number of nitrogen functional groups attached to an aromatic ring is 1. The Kier molecular flexibility index (Phi) is 5.65. The van der Waals surface area contributed by atoms with E-state index in [-0.39, 0.29) is 11.4 Å². The van der Waals surface area contributed by atoms with Crippen molar-refractivity contribution in [1.29, 1.82) is 0 Å². The van der Waals surface area contributed by atoms with Crippen molar-refractivity contribution in [2.45, 2.75) is 51.2 Å². The van der Waals surface area contributed by atoms with Gasteiger partial charge in [-0.25, -0.2) is 14.3 Å². The molecule has 0 saturated carbocycles. The minimum absolute atomic E-state index is 0.0676. The normalized spacial score (nSPS) is 17.0. The van der Waals surface area contributed by atoms with Crippen molar-refractivity contribution < 1.29 is 19.1 Å². The summed E-state index contributed by atoms with van der Waals surface area (Å²) in [7, 11) is 1.54. The van der Waals surface area contributed by atoms with E-state index in [1.165, 1.54) is 6.33 Å². The Balaban J connectivity index is 1.47. The number of rotatable bonds is 4. The van der Waals surface area contributed by atoms with Gasteiger partial charge in [0, 0.05) is 25.1 Å². The molecule has 4 N–H and O–H groups in total. The van der Waals surface area contributed by atoms with E-state index in [4.69, 9.17) is 15.2 Å². The van der Waals surface area contributed by atoms with Gasteiger partial charge >= 0.3 is 6.09 Å². The predicted octanol–water partition coefficient (Wildman–Crippen LogP) is 3.19. The first-order valence-electron chi connectivity index (χ1n) is 11.9. The van der Waals surface area contributed by atoms with E-state index in [0.717, 1.165) is 42.9 Å². The number of carbonyl (C=O) groups is 2. The van der Waals surface area contributed by atoms with Crippen LogP contribution < -0.4 is 26.0 Å². The molecule has 1 aromatic carbocycles. The molecule has 0 radical (unpaired) electrons. The first-order valence-corrected chi connectivity index (χ1v) is 11.9. The van der Waals surface area contributed by atoms with Crippen LogP contribution in [0, 0.1) is 0 Å². The molecular formula is C25H31N7O4. The molecule has 0 bridgehead atoms. The Morgan fingerprint density at radius 1 is 1.22 bits per heavy atom. The van der Waals surface area contributed by atoms with E-state index in [2.05, 4.69) is 25.6 Å². The summed E-state index contributed by atoms with van der Waals surface area (Å²) >= 11 is 0. The van der Waals surface area contributed by atoms with Gasteiger partial charge in [0.05, 0.1) is 18.3 Å². The van der Waals surface area contributed by atoms with Crippen molar-refractivity contribution in [3.05, 3.63) is 30.6 Å². The number of ether oxygens (including phenoxy) is 2. The number of β-lactam (4-membered cyclic amide) rings is 1. The maximum absolute atomic E-state index is 12.3. The third kappa shape index (κ3) is 4.36. The zero-order valence-electron chi connectivity index (χ0n) is 20.9. The summed E-state index contributed by atoms with van der Waals surface area (Å²) in [5, 5.41) is 10.3. The third-order valence-electron chi connectivity index (χ3n) is 6.66. The quantitative estimate of drug-likeness (QED) is 0.472. The minimum Gasteiger partial charge on any atom is -0.495 e. The van der Waals surface area contributed by atoms with Crippen molar-refractivity contribution in [1.82, 2.24) is 19.9 Å². The lowest BCUT2D eigenvalue weighted by molar-refractivity contribution is -0.133. The molecule has 190 valence electrons. The molecule has 0 atom stereocenters. The Hall–Kier alpha value is -4.02. The highest BCUT2D eigenvalue weighted by Gasteiger charge is 2.45. The van der Waals surface area contributed by atoms with Gasteiger partial charge in [-0.05, 0) is 57.4 Å². The van der Waals surface area contributed by atoms with E-state index in [1.54, 1.807) is 33.9 Å². The van der Waals surface area contributed by atoms with Crippen LogP contribution in [0.3, 0.4) is 0 Å². The fourth-order valence-corrected chi connectivity index (χ4v) is 4.92. The fourth-order valence-electron chi connectivity index (χ4n) is 4.92. The zero-order valence-corrected chi connectivity index (χ0v) is 20.9. The number of nitrogens with two attached hydrogens (primary N) is 1. The molecule has 2 aliphatic heterocycles. The Morgan fingerprint density at radius 2 is 1.94 bits per heavy atom. The zero-order chi connectivity index (χ0) is 25.7. The maximum Gasteiger partial charge on any atom is 0.412 e. The summed E-state index contributed by atoms with van der Waals surface area (Å²) in [6.07, 6.45) is 3.23. The van der Waals surface area contributed by atoms with Crippen molar-refractivity contribution in [3.8, 4) is 16.9 Å². The lowest BCUT2D eigenvalue weighted by Gasteiger charge is -2.48. The molecule has 0 unspecified atom stereocenters. The second-order valence-electron chi connectivity index (χ2n) is 10.4. The molecule has 36 heavy (non-hydrogen) atoms. The minimum atomic E-state index is -0.616. The first kappa shape index (κ1) is 23.7. The molecule has 0 aliphatic carbocycles. The number of hydrogen-bond donors (Lipinski definition) is 3. The van der Waals surface area contributed by atoms with E-state index in [0.29, 0.717) is 29.2 Å². The molecule has 11 nitrogen and oxygen atoms in total. The number of anilines is 3. The highest BCUT2D eigenvalue weighted by Crippen LogP contribution is 2.40. The fraction of sp³-hybridized carbons (Fsp3) is 0.440. The van der Waals surface area contributed by atoms with Crippen LogP contribution in [0.5, 0.6) is 5.75 Å². The number of fused-ring (bicyclic) bond motifs is 1. The maximum atomic E-state index is 12.3.